The van der Waals surface area contributed by atoms with Crippen LogP contribution in [0.5, 0.6) is 0 Å². The van der Waals surface area contributed by atoms with Crippen LogP contribution in [0.2, 0.25) is 0 Å². The maximum Gasteiger partial charge on any atom is 0.126 e. The smallest absolute Gasteiger partial charge is 0.126 e. The average molecular weight is 405 g/mol. The molecule has 2 aromatic rings. The Labute approximate surface area is 177 Å². The van der Waals surface area contributed by atoms with E-state index >= 15 is 0 Å². The molecule has 0 aliphatic carbocycles. The Balaban J connectivity index is 1.76. The summed E-state index contributed by atoms with van der Waals surface area (Å²) in [5.74, 6) is 0.966. The normalized spacial score (nSPS) is 24.4. The molecule has 4 rings (SSSR count). The average Bonchev–Trinajstić information content (AvgIpc) is 2.77. The van der Waals surface area contributed by atoms with Crippen LogP contribution in [-0.4, -0.2) is 35.6 Å². The first-order chi connectivity index (χ1) is 14.5. The van der Waals surface area contributed by atoms with Crippen molar-refractivity contribution >= 4 is 17.1 Å². The highest BCUT2D eigenvalue weighted by molar-refractivity contribution is 5.72. The van der Waals surface area contributed by atoms with Crippen molar-refractivity contribution in [3.63, 3.8) is 0 Å². The quantitative estimate of drug-likeness (QED) is 0.799. The van der Waals surface area contributed by atoms with E-state index in [1.54, 1.807) is 12.3 Å². The van der Waals surface area contributed by atoms with Crippen molar-refractivity contribution in [2.75, 3.05) is 23.4 Å². The van der Waals surface area contributed by atoms with Gasteiger partial charge in [0.15, 0.2) is 0 Å². The second-order valence-electron chi connectivity index (χ2n) is 8.13. The van der Waals surface area contributed by atoms with Gasteiger partial charge in [-0.2, -0.15) is 5.26 Å². The van der Waals surface area contributed by atoms with Crippen molar-refractivity contribution in [3.05, 3.63) is 59.3 Å². The molecule has 4 atom stereocenters. The molecule has 0 fully saturated rings. The summed E-state index contributed by atoms with van der Waals surface area (Å²) in [5, 5.41) is 23.1. The minimum atomic E-state index is -0.580. The van der Waals surface area contributed by atoms with Crippen molar-refractivity contribution in [2.45, 2.75) is 45.5 Å². The first-order valence-corrected chi connectivity index (χ1v) is 10.5. The van der Waals surface area contributed by atoms with Crippen LogP contribution in [0.25, 0.3) is 5.57 Å². The third-order valence-electron chi connectivity index (χ3n) is 6.30. The molecule has 30 heavy (non-hydrogen) atoms. The number of aromatic nitrogens is 1. The van der Waals surface area contributed by atoms with E-state index in [1.165, 1.54) is 11.1 Å². The molecule has 6 nitrogen and oxygen atoms in total. The lowest BCUT2D eigenvalue weighted by Crippen LogP contribution is -2.50. The third-order valence-corrected chi connectivity index (χ3v) is 6.30. The lowest BCUT2D eigenvalue weighted by molar-refractivity contribution is 0.161. The van der Waals surface area contributed by atoms with Crippen LogP contribution < -0.4 is 10.2 Å². The Morgan fingerprint density at radius 1 is 1.30 bits per heavy atom. The molecule has 156 valence electrons. The summed E-state index contributed by atoms with van der Waals surface area (Å²) in [6.07, 6.45) is 4.06. The van der Waals surface area contributed by atoms with Crippen LogP contribution in [0.1, 0.15) is 49.9 Å². The molecule has 0 radical (unpaired) electrons. The summed E-state index contributed by atoms with van der Waals surface area (Å²) in [5.41, 5.74) is 5.23. The lowest BCUT2D eigenvalue weighted by Gasteiger charge is -2.47. The molecule has 6 heteroatoms. The molecule has 3 heterocycles. The second-order valence-corrected chi connectivity index (χ2v) is 8.13. The molecule has 2 aliphatic rings. The summed E-state index contributed by atoms with van der Waals surface area (Å²) in [4.78, 5) is 6.51. The van der Waals surface area contributed by atoms with Crippen LogP contribution >= 0.6 is 0 Å². The lowest BCUT2D eigenvalue weighted by atomic mass is 9.81. The number of ether oxygens (including phenoxy) is 1. The maximum absolute atomic E-state index is 10.5. The number of aliphatic hydroxyl groups excluding tert-OH is 1. The number of fused-ring (bicyclic) bond motifs is 1. The molecule has 1 aromatic heterocycles. The standard InChI is InChI=1S/C24H28N4O2/c1-15-16(2)28(17(3)29)22-6-5-20(19-8-10-30-11-9-19)12-21(22)24(15)27-23-7-4-18(13-25)14-26-23/h4-8,12,14-17,24,29H,9-11H2,1-3H3,(H,26,27)/t15-,16-,17?,24?/m0/s1. The van der Waals surface area contributed by atoms with Crippen molar-refractivity contribution in [3.8, 4) is 6.07 Å². The zero-order valence-corrected chi connectivity index (χ0v) is 17.7. The number of benzene rings is 1. The maximum atomic E-state index is 10.5. The molecule has 0 amide bonds. The Morgan fingerprint density at radius 3 is 2.77 bits per heavy atom. The topological polar surface area (TPSA) is 81.4 Å². The Bertz CT molecular complexity index is 978. The van der Waals surface area contributed by atoms with E-state index in [2.05, 4.69) is 59.4 Å². The first-order valence-electron chi connectivity index (χ1n) is 10.5. The number of nitriles is 1. The molecule has 0 spiro atoms. The Kier molecular flexibility index (Phi) is 5.76. The number of nitrogens with zero attached hydrogens (tertiary/aromatic N) is 3. The van der Waals surface area contributed by atoms with Crippen LogP contribution in [0.3, 0.4) is 0 Å². The van der Waals surface area contributed by atoms with E-state index in [0.29, 0.717) is 12.2 Å². The van der Waals surface area contributed by atoms with Gasteiger partial charge in [-0.15, -0.1) is 0 Å². The van der Waals surface area contributed by atoms with Crippen LogP contribution in [0.15, 0.2) is 42.6 Å². The van der Waals surface area contributed by atoms with Gasteiger partial charge in [-0.25, -0.2) is 4.98 Å². The van der Waals surface area contributed by atoms with Gasteiger partial charge in [-0.05, 0) is 61.2 Å². The van der Waals surface area contributed by atoms with Crippen LogP contribution in [-0.2, 0) is 4.74 Å². The first kappa shape index (κ1) is 20.4. The van der Waals surface area contributed by atoms with Crippen molar-refractivity contribution in [1.29, 1.82) is 5.26 Å². The number of nitrogens with one attached hydrogen (secondary N) is 1. The Hall–Kier alpha value is -2.88. The van der Waals surface area contributed by atoms with Gasteiger partial charge < -0.3 is 20.1 Å². The fourth-order valence-electron chi connectivity index (χ4n) is 4.52. The number of rotatable bonds is 4. The molecule has 2 aliphatic heterocycles. The van der Waals surface area contributed by atoms with Crippen LogP contribution in [0.4, 0.5) is 11.5 Å². The SMILES string of the molecule is CC(O)N1c2ccc(C3=CCOCC3)cc2C(Nc2ccc(C#N)cn2)[C@@H](C)[C@@H]1C. The minimum Gasteiger partial charge on any atom is -0.377 e. The van der Waals surface area contributed by atoms with E-state index in [-0.39, 0.29) is 18.0 Å². The molecule has 0 saturated carbocycles. The summed E-state index contributed by atoms with van der Waals surface area (Å²) >= 11 is 0. The highest BCUT2D eigenvalue weighted by Gasteiger charge is 2.38. The van der Waals surface area contributed by atoms with Crippen molar-refractivity contribution in [1.82, 2.24) is 4.98 Å². The second kappa shape index (κ2) is 8.47. The summed E-state index contributed by atoms with van der Waals surface area (Å²) in [7, 11) is 0. The van der Waals surface area contributed by atoms with Crippen molar-refractivity contribution in [2.24, 2.45) is 5.92 Å². The van der Waals surface area contributed by atoms with E-state index in [0.717, 1.165) is 30.1 Å². The fraction of sp³-hybridized carbons (Fsp3) is 0.417. The van der Waals surface area contributed by atoms with E-state index in [4.69, 9.17) is 10.00 Å². The number of anilines is 2. The van der Waals surface area contributed by atoms with Gasteiger partial charge in [-0.3, -0.25) is 0 Å². The predicted molar refractivity (Wildman–Crippen MR) is 118 cm³/mol. The third kappa shape index (κ3) is 3.79. The molecular formula is C24H28N4O2. The predicted octanol–water partition coefficient (Wildman–Crippen LogP) is 4.09. The van der Waals surface area contributed by atoms with E-state index in [1.807, 2.05) is 13.0 Å². The number of pyridine rings is 1. The zero-order chi connectivity index (χ0) is 21.3. The summed E-state index contributed by atoms with van der Waals surface area (Å²) in [6.45, 7) is 7.56. The zero-order valence-electron chi connectivity index (χ0n) is 17.7. The van der Waals surface area contributed by atoms with Gasteiger partial charge in [0.25, 0.3) is 0 Å². The van der Waals surface area contributed by atoms with Gasteiger partial charge in [0, 0.05) is 23.8 Å². The monoisotopic (exact) mass is 404 g/mol. The van der Waals surface area contributed by atoms with Gasteiger partial charge >= 0.3 is 0 Å². The number of hydrogen-bond donors (Lipinski definition) is 2. The minimum absolute atomic E-state index is 0.0332. The van der Waals surface area contributed by atoms with Crippen LogP contribution in [0, 0.1) is 17.2 Å². The fourth-order valence-corrected chi connectivity index (χ4v) is 4.52. The highest BCUT2D eigenvalue weighted by Crippen LogP contribution is 2.44. The van der Waals surface area contributed by atoms with Gasteiger partial charge in [0.2, 0.25) is 0 Å². The Morgan fingerprint density at radius 2 is 2.13 bits per heavy atom. The van der Waals surface area contributed by atoms with E-state index < -0.39 is 6.23 Å². The highest BCUT2D eigenvalue weighted by atomic mass is 16.5. The largest absolute Gasteiger partial charge is 0.377 e. The number of hydrogen-bond acceptors (Lipinski definition) is 6. The summed E-state index contributed by atoms with van der Waals surface area (Å²) in [6, 6.07) is 12.4. The summed E-state index contributed by atoms with van der Waals surface area (Å²) < 4.78 is 5.47. The molecule has 2 unspecified atom stereocenters. The van der Waals surface area contributed by atoms with Gasteiger partial charge in [-0.1, -0.05) is 19.1 Å². The number of aliphatic hydroxyl groups is 1. The molecule has 0 bridgehead atoms. The molecule has 2 N–H and O–H groups in total. The molecular weight excluding hydrogens is 376 g/mol. The van der Waals surface area contributed by atoms with E-state index in [9.17, 15) is 5.11 Å². The molecule has 0 saturated heterocycles. The van der Waals surface area contributed by atoms with Gasteiger partial charge in [0.05, 0.1) is 24.8 Å². The molecule has 1 aromatic carbocycles. The van der Waals surface area contributed by atoms with Gasteiger partial charge in [0.1, 0.15) is 18.1 Å². The van der Waals surface area contributed by atoms with Crippen molar-refractivity contribution < 1.29 is 9.84 Å².